The highest BCUT2D eigenvalue weighted by atomic mass is 16.6. The molecule has 1 aromatic carbocycles. The second-order valence-electron chi connectivity index (χ2n) is 10.9. The molecule has 2 aliphatic heterocycles. The molecule has 5 nitrogen and oxygen atoms in total. The van der Waals surface area contributed by atoms with Gasteiger partial charge in [-0.05, 0) is 62.5 Å². The Bertz CT molecular complexity index is 885. The summed E-state index contributed by atoms with van der Waals surface area (Å²) < 4.78 is 11.4. The lowest BCUT2D eigenvalue weighted by Gasteiger charge is -2.50. The average Bonchev–Trinajstić information content (AvgIpc) is 3.06. The van der Waals surface area contributed by atoms with Gasteiger partial charge < -0.3 is 14.4 Å². The van der Waals surface area contributed by atoms with Crippen LogP contribution in [-0.2, 0) is 9.53 Å². The molecule has 2 heterocycles. The van der Waals surface area contributed by atoms with Gasteiger partial charge in [-0.1, -0.05) is 25.1 Å². The lowest BCUT2D eigenvalue weighted by atomic mass is 9.55. The van der Waals surface area contributed by atoms with E-state index in [9.17, 15) is 4.79 Å². The zero-order valence-corrected chi connectivity index (χ0v) is 19.9. The Balaban J connectivity index is 1.25. The van der Waals surface area contributed by atoms with E-state index in [2.05, 4.69) is 48.4 Å². The Labute approximate surface area is 192 Å². The quantitative estimate of drug-likeness (QED) is 0.511. The molecule has 0 aromatic heterocycles. The highest BCUT2D eigenvalue weighted by Gasteiger charge is 2.55. The van der Waals surface area contributed by atoms with Gasteiger partial charge in [-0.3, -0.25) is 9.69 Å². The summed E-state index contributed by atoms with van der Waals surface area (Å²) in [5, 5.41) is 0. The molecule has 0 bridgehead atoms. The van der Waals surface area contributed by atoms with Crippen molar-refractivity contribution in [1.29, 1.82) is 0 Å². The van der Waals surface area contributed by atoms with Gasteiger partial charge in [0.05, 0.1) is 13.0 Å². The van der Waals surface area contributed by atoms with Gasteiger partial charge in [0, 0.05) is 49.9 Å². The molecular formula is C27H38N2O3. The maximum absolute atomic E-state index is 12.9. The normalized spacial score (nSPS) is 37.6. The molecule has 2 aliphatic carbocycles. The lowest BCUT2D eigenvalue weighted by Crippen LogP contribution is -2.54. The first-order valence-electron chi connectivity index (χ1n) is 12.4. The number of esters is 1. The van der Waals surface area contributed by atoms with E-state index < -0.39 is 0 Å². The van der Waals surface area contributed by atoms with Crippen LogP contribution in [0.25, 0.3) is 0 Å². The van der Waals surface area contributed by atoms with Crippen molar-refractivity contribution >= 4 is 11.7 Å². The van der Waals surface area contributed by atoms with Crippen molar-refractivity contribution in [3.8, 4) is 5.75 Å². The minimum atomic E-state index is 0.00912. The standard InChI is InChI=1S/C27H38N2O3/c1-18-7-6-10-27(3)15-25-22(14-24(18)27)23(26(30)32-25)17-28-11-12-29(19(2)16-28)20-8-5-9-21(13-20)31-4/h5,8-9,13,19,22-25H,1,6-7,10-12,14-17H2,2-4H3/t19-,22+,23+,24-,25-,27-/m1/s1. The fourth-order valence-corrected chi connectivity index (χ4v) is 7.11. The van der Waals surface area contributed by atoms with Crippen molar-refractivity contribution in [2.45, 2.75) is 58.1 Å². The Morgan fingerprint density at radius 2 is 2.16 bits per heavy atom. The van der Waals surface area contributed by atoms with Gasteiger partial charge in [0.15, 0.2) is 0 Å². The third-order valence-corrected chi connectivity index (χ3v) is 8.87. The summed E-state index contributed by atoms with van der Waals surface area (Å²) in [4.78, 5) is 17.9. The van der Waals surface area contributed by atoms with Crippen LogP contribution in [-0.4, -0.2) is 56.3 Å². The number of fused-ring (bicyclic) bond motifs is 2. The van der Waals surface area contributed by atoms with Crippen molar-refractivity contribution in [3.63, 3.8) is 0 Å². The number of hydrogen-bond acceptors (Lipinski definition) is 5. The highest BCUT2D eigenvalue weighted by Crippen LogP contribution is 2.57. The lowest BCUT2D eigenvalue weighted by molar-refractivity contribution is -0.146. The maximum Gasteiger partial charge on any atom is 0.310 e. The van der Waals surface area contributed by atoms with E-state index in [-0.39, 0.29) is 23.4 Å². The van der Waals surface area contributed by atoms with Crippen LogP contribution in [0.4, 0.5) is 5.69 Å². The molecule has 2 saturated carbocycles. The van der Waals surface area contributed by atoms with E-state index in [0.717, 1.165) is 51.2 Å². The van der Waals surface area contributed by atoms with Gasteiger partial charge in [0.1, 0.15) is 11.9 Å². The monoisotopic (exact) mass is 438 g/mol. The van der Waals surface area contributed by atoms with Crippen molar-refractivity contribution in [3.05, 3.63) is 36.4 Å². The fraction of sp³-hybridized carbons (Fsp3) is 0.667. The van der Waals surface area contributed by atoms with Gasteiger partial charge >= 0.3 is 5.97 Å². The molecular weight excluding hydrogens is 400 g/mol. The number of methoxy groups -OCH3 is 1. The summed E-state index contributed by atoms with van der Waals surface area (Å²) in [6, 6.07) is 8.70. The molecule has 4 fully saturated rings. The predicted octanol–water partition coefficient (Wildman–Crippen LogP) is 4.52. The number of rotatable bonds is 4. The van der Waals surface area contributed by atoms with Crippen LogP contribution in [0, 0.1) is 23.2 Å². The van der Waals surface area contributed by atoms with E-state index in [4.69, 9.17) is 9.47 Å². The number of allylic oxidation sites excluding steroid dienone is 1. The molecule has 0 spiro atoms. The van der Waals surface area contributed by atoms with Gasteiger partial charge in [-0.25, -0.2) is 0 Å². The molecule has 2 saturated heterocycles. The number of hydrogen-bond donors (Lipinski definition) is 0. The smallest absolute Gasteiger partial charge is 0.310 e. The number of piperazine rings is 1. The minimum Gasteiger partial charge on any atom is -0.497 e. The summed E-state index contributed by atoms with van der Waals surface area (Å²) in [7, 11) is 1.71. The second-order valence-corrected chi connectivity index (χ2v) is 10.9. The molecule has 0 unspecified atom stereocenters. The average molecular weight is 439 g/mol. The number of carbonyl (C=O) groups is 1. The minimum absolute atomic E-state index is 0.00912. The zero-order chi connectivity index (χ0) is 22.5. The molecule has 32 heavy (non-hydrogen) atoms. The Morgan fingerprint density at radius 3 is 2.94 bits per heavy atom. The van der Waals surface area contributed by atoms with Crippen molar-refractivity contribution in [1.82, 2.24) is 4.90 Å². The van der Waals surface area contributed by atoms with Gasteiger partial charge in [0.25, 0.3) is 0 Å². The van der Waals surface area contributed by atoms with Crippen molar-refractivity contribution in [2.24, 2.45) is 23.2 Å². The number of benzene rings is 1. The summed E-state index contributed by atoms with van der Waals surface area (Å²) in [6.45, 7) is 12.8. The highest BCUT2D eigenvalue weighted by molar-refractivity contribution is 5.75. The van der Waals surface area contributed by atoms with E-state index in [1.807, 2.05) is 6.07 Å². The molecule has 174 valence electrons. The van der Waals surface area contributed by atoms with Crippen LogP contribution in [0.2, 0.25) is 0 Å². The Morgan fingerprint density at radius 1 is 1.31 bits per heavy atom. The van der Waals surface area contributed by atoms with Crippen LogP contribution in [0.1, 0.15) is 46.0 Å². The van der Waals surface area contributed by atoms with Crippen LogP contribution >= 0.6 is 0 Å². The Hall–Kier alpha value is -2.01. The molecule has 0 radical (unpaired) electrons. The first-order valence-corrected chi connectivity index (χ1v) is 12.4. The van der Waals surface area contributed by atoms with Gasteiger partial charge in [-0.15, -0.1) is 0 Å². The largest absolute Gasteiger partial charge is 0.497 e. The van der Waals surface area contributed by atoms with Crippen LogP contribution < -0.4 is 9.64 Å². The van der Waals surface area contributed by atoms with Crippen LogP contribution in [0.15, 0.2) is 36.4 Å². The summed E-state index contributed by atoms with van der Waals surface area (Å²) in [5.41, 5.74) is 2.89. The van der Waals surface area contributed by atoms with Crippen LogP contribution in [0.3, 0.4) is 0 Å². The topological polar surface area (TPSA) is 42.0 Å². The molecule has 4 aliphatic rings. The molecule has 6 atom stereocenters. The number of nitrogens with zero attached hydrogens (tertiary/aromatic N) is 2. The van der Waals surface area contributed by atoms with Gasteiger partial charge in [0.2, 0.25) is 0 Å². The van der Waals surface area contributed by atoms with E-state index in [1.165, 1.54) is 24.1 Å². The molecule has 5 heteroatoms. The first-order chi connectivity index (χ1) is 15.4. The van der Waals surface area contributed by atoms with E-state index in [0.29, 0.717) is 17.9 Å². The third kappa shape index (κ3) is 3.83. The molecule has 0 N–H and O–H groups in total. The first kappa shape index (κ1) is 21.8. The molecule has 1 aromatic rings. The summed E-state index contributed by atoms with van der Waals surface area (Å²) in [5.74, 6) is 1.84. The molecule has 5 rings (SSSR count). The number of anilines is 1. The zero-order valence-electron chi connectivity index (χ0n) is 19.9. The second kappa shape index (κ2) is 8.40. The van der Waals surface area contributed by atoms with E-state index in [1.54, 1.807) is 7.11 Å². The third-order valence-electron chi connectivity index (χ3n) is 8.87. The number of ether oxygens (including phenoxy) is 2. The Kier molecular flexibility index (Phi) is 5.73. The molecule has 0 amide bonds. The number of carbonyl (C=O) groups excluding carboxylic acids is 1. The van der Waals surface area contributed by atoms with Crippen LogP contribution in [0.5, 0.6) is 5.75 Å². The van der Waals surface area contributed by atoms with Crippen molar-refractivity contribution in [2.75, 3.05) is 38.2 Å². The fourth-order valence-electron chi connectivity index (χ4n) is 7.11. The van der Waals surface area contributed by atoms with E-state index >= 15 is 0 Å². The SMILES string of the molecule is C=C1CCC[C@]2(C)C[C@H]3OC(=O)[C@@H](CN4CCN(c5cccc(OC)c5)[C@H](C)C4)[C@@H]3C[C@H]12. The predicted molar refractivity (Wildman–Crippen MR) is 127 cm³/mol. The maximum atomic E-state index is 12.9. The summed E-state index contributed by atoms with van der Waals surface area (Å²) in [6.07, 6.45) is 5.83. The summed E-state index contributed by atoms with van der Waals surface area (Å²) >= 11 is 0. The van der Waals surface area contributed by atoms with Crippen molar-refractivity contribution < 1.29 is 14.3 Å². The van der Waals surface area contributed by atoms with Gasteiger partial charge in [-0.2, -0.15) is 0 Å².